The molecule has 1 fully saturated rings. The van der Waals surface area contributed by atoms with Crippen LogP contribution < -0.4 is 20.1 Å². The molecule has 1 aliphatic heterocycles. The molecule has 1 heterocycles. The van der Waals surface area contributed by atoms with Crippen molar-refractivity contribution in [2.24, 2.45) is 0 Å². The summed E-state index contributed by atoms with van der Waals surface area (Å²) in [6, 6.07) is 17.1. The number of hydrogen-bond donors (Lipinski definition) is 3. The maximum absolute atomic E-state index is 13.7. The van der Waals surface area contributed by atoms with Gasteiger partial charge in [-0.05, 0) is 54.1 Å². The number of carbonyl (C=O) groups excluding carboxylic acids is 2. The van der Waals surface area contributed by atoms with Gasteiger partial charge in [-0.25, -0.2) is 18.4 Å². The van der Waals surface area contributed by atoms with Crippen molar-refractivity contribution in [3.63, 3.8) is 0 Å². The van der Waals surface area contributed by atoms with Crippen LogP contribution in [0, 0.1) is 0 Å². The van der Waals surface area contributed by atoms with Crippen molar-refractivity contribution in [1.29, 1.82) is 0 Å². The van der Waals surface area contributed by atoms with Crippen molar-refractivity contribution in [2.75, 3.05) is 57.1 Å². The lowest BCUT2D eigenvalue weighted by Crippen LogP contribution is -2.41. The molecule has 4 rings (SSSR count). The van der Waals surface area contributed by atoms with Crippen molar-refractivity contribution in [2.45, 2.75) is 18.8 Å². The molecule has 3 N–H and O–H groups in total. The highest BCUT2D eigenvalue weighted by Gasteiger charge is 2.38. The molecule has 10 nitrogen and oxygen atoms in total. The average molecular weight is 631 g/mol. The molecule has 3 amide bonds. The van der Waals surface area contributed by atoms with Gasteiger partial charge < -0.3 is 30.1 Å². The number of benzene rings is 3. The quantitative estimate of drug-likeness (QED) is 0.229. The lowest BCUT2D eigenvalue weighted by molar-refractivity contribution is -0.131. The SMILES string of the molecule is COc1cc(CC(=O)N(CCOc2ccc(C(=O)O)cc2)CCN2CCC(F)(F)C2)ccc1NC(=O)Nc1ccccc1Cl. The monoisotopic (exact) mass is 630 g/mol. The van der Waals surface area contributed by atoms with Crippen molar-refractivity contribution in [3.05, 3.63) is 82.9 Å². The standard InChI is InChI=1S/C31H33ClF2N4O6/c1-43-27-18-21(6-11-26(27)36-30(42)35-25-5-3-2-4-24(25)32)19-28(39)38(15-14-37-13-12-31(33,34)20-37)16-17-44-23-9-7-22(8-10-23)29(40)41/h2-11,18H,12-17,19-20H2,1H3,(H,40,41)(H2,35,36,42). The number of aromatic carboxylic acids is 1. The van der Waals surface area contributed by atoms with Gasteiger partial charge in [-0.1, -0.05) is 29.8 Å². The largest absolute Gasteiger partial charge is 0.495 e. The number of hydrogen-bond acceptors (Lipinski definition) is 6. The van der Waals surface area contributed by atoms with E-state index in [0.29, 0.717) is 33.5 Å². The van der Waals surface area contributed by atoms with Gasteiger partial charge >= 0.3 is 12.0 Å². The van der Waals surface area contributed by atoms with Gasteiger partial charge in [0.2, 0.25) is 5.91 Å². The summed E-state index contributed by atoms with van der Waals surface area (Å²) in [5.74, 6) is -3.27. The molecule has 0 saturated carbocycles. The van der Waals surface area contributed by atoms with Crippen LogP contribution in [-0.2, 0) is 11.2 Å². The molecule has 0 spiro atoms. The third-order valence-corrected chi connectivity index (χ3v) is 7.34. The Hall–Kier alpha value is -4.42. The second kappa shape index (κ2) is 14.8. The zero-order valence-corrected chi connectivity index (χ0v) is 24.8. The van der Waals surface area contributed by atoms with Crippen LogP contribution in [0.3, 0.4) is 0 Å². The van der Waals surface area contributed by atoms with E-state index in [-0.39, 0.29) is 63.6 Å². The predicted octanol–water partition coefficient (Wildman–Crippen LogP) is 5.48. The van der Waals surface area contributed by atoms with Gasteiger partial charge in [-0.3, -0.25) is 9.69 Å². The number of alkyl halides is 2. The number of halogens is 3. The predicted molar refractivity (Wildman–Crippen MR) is 162 cm³/mol. The fourth-order valence-electron chi connectivity index (χ4n) is 4.66. The van der Waals surface area contributed by atoms with Crippen LogP contribution in [0.2, 0.25) is 5.02 Å². The van der Waals surface area contributed by atoms with Gasteiger partial charge in [0.15, 0.2) is 0 Å². The van der Waals surface area contributed by atoms with Gasteiger partial charge in [0.1, 0.15) is 18.1 Å². The third-order valence-electron chi connectivity index (χ3n) is 7.01. The van der Waals surface area contributed by atoms with E-state index in [0.717, 1.165) is 0 Å². The molecule has 0 aliphatic carbocycles. The number of carboxylic acids is 1. The van der Waals surface area contributed by atoms with E-state index in [2.05, 4.69) is 10.6 Å². The lowest BCUT2D eigenvalue weighted by Gasteiger charge is -2.26. The number of likely N-dealkylation sites (tertiary alicyclic amines) is 1. The number of amides is 3. The molecule has 0 atom stereocenters. The number of anilines is 2. The molecule has 0 bridgehead atoms. The molecule has 44 heavy (non-hydrogen) atoms. The third kappa shape index (κ3) is 9.29. The molecule has 13 heteroatoms. The summed E-state index contributed by atoms with van der Waals surface area (Å²) < 4.78 is 38.6. The normalized spacial score (nSPS) is 14.1. The van der Waals surface area contributed by atoms with Crippen LogP contribution in [0.25, 0.3) is 0 Å². The molecule has 0 unspecified atom stereocenters. The van der Waals surface area contributed by atoms with Crippen LogP contribution in [0.5, 0.6) is 11.5 Å². The number of nitrogens with one attached hydrogen (secondary N) is 2. The van der Waals surface area contributed by atoms with Gasteiger partial charge in [-0.15, -0.1) is 0 Å². The Morgan fingerprint density at radius 3 is 2.41 bits per heavy atom. The Labute approximate surface area is 258 Å². The molecule has 234 valence electrons. The number of urea groups is 1. The summed E-state index contributed by atoms with van der Waals surface area (Å²) >= 11 is 6.11. The average Bonchev–Trinajstić information content (AvgIpc) is 3.35. The van der Waals surface area contributed by atoms with Crippen LogP contribution in [0.4, 0.5) is 25.0 Å². The van der Waals surface area contributed by atoms with Gasteiger partial charge in [0, 0.05) is 26.1 Å². The first-order valence-corrected chi connectivity index (χ1v) is 14.2. The molecule has 3 aromatic rings. The minimum absolute atomic E-state index is 0.00801. The minimum Gasteiger partial charge on any atom is -0.495 e. The summed E-state index contributed by atoms with van der Waals surface area (Å²) in [4.78, 5) is 40.2. The van der Waals surface area contributed by atoms with Crippen molar-refractivity contribution in [3.8, 4) is 11.5 Å². The van der Waals surface area contributed by atoms with E-state index >= 15 is 0 Å². The maximum atomic E-state index is 13.7. The Kier molecular flexibility index (Phi) is 11.0. The fraction of sp³-hybridized carbons (Fsp3) is 0.323. The number of carboxylic acid groups (broad SMARTS) is 1. The van der Waals surface area contributed by atoms with Crippen LogP contribution >= 0.6 is 11.6 Å². The Morgan fingerprint density at radius 1 is 1.02 bits per heavy atom. The number of nitrogens with zero attached hydrogens (tertiary/aromatic N) is 2. The topological polar surface area (TPSA) is 120 Å². The zero-order chi connectivity index (χ0) is 31.7. The van der Waals surface area contributed by atoms with Crippen molar-refractivity contribution >= 4 is 40.9 Å². The molecular formula is C31H33ClF2N4O6. The Bertz CT molecular complexity index is 1470. The highest BCUT2D eigenvalue weighted by atomic mass is 35.5. The van der Waals surface area contributed by atoms with E-state index in [4.69, 9.17) is 26.2 Å². The van der Waals surface area contributed by atoms with E-state index in [9.17, 15) is 23.2 Å². The van der Waals surface area contributed by atoms with Gasteiger partial charge in [0.05, 0.1) is 48.6 Å². The Balaban J connectivity index is 1.39. The lowest BCUT2D eigenvalue weighted by atomic mass is 10.1. The maximum Gasteiger partial charge on any atom is 0.335 e. The molecule has 0 radical (unpaired) electrons. The van der Waals surface area contributed by atoms with Crippen molar-refractivity contribution < 1.29 is 37.7 Å². The fourth-order valence-corrected chi connectivity index (χ4v) is 4.85. The smallest absolute Gasteiger partial charge is 0.335 e. The van der Waals surface area contributed by atoms with Gasteiger partial charge in [-0.2, -0.15) is 0 Å². The van der Waals surface area contributed by atoms with Crippen LogP contribution in [0.15, 0.2) is 66.7 Å². The number of ether oxygens (including phenoxy) is 2. The molecule has 3 aromatic carbocycles. The summed E-state index contributed by atoms with van der Waals surface area (Å²) in [5.41, 5.74) is 1.55. The summed E-state index contributed by atoms with van der Waals surface area (Å²) in [7, 11) is 1.44. The summed E-state index contributed by atoms with van der Waals surface area (Å²) in [5, 5.41) is 14.8. The first-order chi connectivity index (χ1) is 21.0. The Morgan fingerprint density at radius 2 is 1.75 bits per heavy atom. The number of para-hydroxylation sites is 1. The van der Waals surface area contributed by atoms with E-state index in [1.165, 1.54) is 31.4 Å². The second-order valence-electron chi connectivity index (χ2n) is 10.2. The second-order valence-corrected chi connectivity index (χ2v) is 10.6. The zero-order valence-electron chi connectivity index (χ0n) is 24.0. The molecule has 1 saturated heterocycles. The molecule has 1 aliphatic rings. The summed E-state index contributed by atoms with van der Waals surface area (Å²) in [6.07, 6.45) is -0.223. The highest BCUT2D eigenvalue weighted by molar-refractivity contribution is 6.33. The minimum atomic E-state index is -2.74. The first kappa shape index (κ1) is 32.5. The number of methoxy groups -OCH3 is 1. The highest BCUT2D eigenvalue weighted by Crippen LogP contribution is 2.28. The molecular weight excluding hydrogens is 598 g/mol. The van der Waals surface area contributed by atoms with E-state index in [1.807, 2.05) is 0 Å². The first-order valence-electron chi connectivity index (χ1n) is 13.9. The van der Waals surface area contributed by atoms with E-state index < -0.39 is 17.9 Å². The molecule has 0 aromatic heterocycles. The van der Waals surface area contributed by atoms with Crippen LogP contribution in [0.1, 0.15) is 22.3 Å². The summed E-state index contributed by atoms with van der Waals surface area (Å²) in [6.45, 7) is 0.689. The van der Waals surface area contributed by atoms with Gasteiger partial charge in [0.25, 0.3) is 5.92 Å². The van der Waals surface area contributed by atoms with Crippen LogP contribution in [-0.4, -0.2) is 85.2 Å². The number of carbonyl (C=O) groups is 3. The van der Waals surface area contributed by atoms with Crippen molar-refractivity contribution in [1.82, 2.24) is 9.80 Å². The number of rotatable bonds is 13. The van der Waals surface area contributed by atoms with E-state index in [1.54, 1.807) is 52.3 Å².